The number of aliphatic hydroxyl groups excluding tert-OH is 18. The van der Waals surface area contributed by atoms with Gasteiger partial charge in [-0.2, -0.15) is 0 Å². The van der Waals surface area contributed by atoms with Gasteiger partial charge in [-0.25, -0.2) is 0 Å². The zero-order valence-electron chi connectivity index (χ0n) is 49.6. The molecule has 87 heavy (non-hydrogen) atoms. The lowest BCUT2D eigenvalue weighted by Crippen LogP contribution is -2.68. The van der Waals surface area contributed by atoms with Gasteiger partial charge in [-0.1, -0.05) is 27.7 Å². The van der Waals surface area contributed by atoms with Gasteiger partial charge in [-0.15, -0.1) is 0 Å². The Morgan fingerprint density at radius 2 is 1.06 bits per heavy atom. The normalized spacial score (nSPS) is 55.6. The summed E-state index contributed by atoms with van der Waals surface area (Å²) in [4.78, 5) is 0. The first-order valence-corrected chi connectivity index (χ1v) is 30.9. The van der Waals surface area contributed by atoms with Crippen LogP contribution >= 0.6 is 0 Å². The van der Waals surface area contributed by atoms with Crippen molar-refractivity contribution in [1.82, 2.24) is 0 Å². The minimum Gasteiger partial charge on any atom is -0.394 e. The van der Waals surface area contributed by atoms with E-state index >= 15 is 0 Å². The van der Waals surface area contributed by atoms with Crippen LogP contribution in [0, 0.1) is 52.3 Å². The van der Waals surface area contributed by atoms with Crippen molar-refractivity contribution in [2.45, 2.75) is 257 Å². The largest absolute Gasteiger partial charge is 0.394 e. The SMILES string of the molecule is CO[C@]1(CC[C@H](C)CO[C@@H]2O[C@H](CO)[C@@H](O)[C@H](O)[C@H]2O)O[C@H]2C[C@H]3[C@@H]4C[C@@H](O)[C@H]5C[C@@H](O[C@@H]6O[C@H](CO)[C@H](O[C@@H]7O[C@H](CO)[C@@H](O)[C@H](O[C@@H]8OC[C@@H](O)[C@H](O)[C@H]8O)[C@H]7O[C@@H]7O[C@H](CO)[C@@H](O)[C@H](O)[C@H]7O)[C@H](O)[C@H]6O)[C@H](O)C[C@]5(C)[C@H]4CC[C@]3(C)[C@H]2[C@@H]1C. The zero-order valence-corrected chi connectivity index (χ0v) is 49.6. The second-order valence-electron chi connectivity index (χ2n) is 27.1. The minimum absolute atomic E-state index is 0.0191. The number of ether oxygens (including phenoxy) is 12. The highest BCUT2D eigenvalue weighted by molar-refractivity contribution is 5.17. The van der Waals surface area contributed by atoms with E-state index in [2.05, 4.69) is 20.8 Å². The Kier molecular flexibility index (Phi) is 21.5. The Hall–Kier alpha value is -1.20. The lowest BCUT2D eigenvalue weighted by atomic mass is 9.43. The summed E-state index contributed by atoms with van der Waals surface area (Å²) in [6.45, 7) is 4.90. The Morgan fingerprint density at radius 1 is 0.506 bits per heavy atom. The summed E-state index contributed by atoms with van der Waals surface area (Å²) in [5.41, 5.74) is -0.736. The molecular weight excluding hydrogens is 1160 g/mol. The topological polar surface area (TPSA) is 475 Å². The predicted octanol–water partition coefficient (Wildman–Crippen LogP) is -6.90. The molecule has 504 valence electrons. The van der Waals surface area contributed by atoms with E-state index in [1.165, 1.54) is 0 Å². The van der Waals surface area contributed by atoms with E-state index < -0.39 is 210 Å². The van der Waals surface area contributed by atoms with E-state index in [1.54, 1.807) is 7.11 Å². The molecule has 4 saturated carbocycles. The number of hydrogen-bond acceptors (Lipinski definition) is 30. The maximum absolute atomic E-state index is 12.3. The second kappa shape index (κ2) is 27.3. The molecule has 0 amide bonds. The maximum Gasteiger partial charge on any atom is 0.187 e. The second-order valence-corrected chi connectivity index (χ2v) is 27.1. The first-order valence-electron chi connectivity index (χ1n) is 30.9. The molecule has 4 aliphatic carbocycles. The molecule has 0 bridgehead atoms. The molecule has 0 aromatic carbocycles. The molecule has 6 heterocycles. The molecule has 6 aliphatic heterocycles. The van der Waals surface area contributed by atoms with Gasteiger partial charge in [0.15, 0.2) is 37.2 Å². The highest BCUT2D eigenvalue weighted by atomic mass is 16.8. The summed E-state index contributed by atoms with van der Waals surface area (Å²) in [6.07, 6.45) is -40.5. The van der Waals surface area contributed by atoms with E-state index in [0.717, 1.165) is 19.3 Å². The van der Waals surface area contributed by atoms with E-state index in [-0.39, 0.29) is 72.4 Å². The van der Waals surface area contributed by atoms with E-state index in [4.69, 9.17) is 56.8 Å². The molecule has 10 fully saturated rings. The van der Waals surface area contributed by atoms with Gasteiger partial charge in [0.05, 0.1) is 64.1 Å². The minimum atomic E-state index is -2.06. The average molecular weight is 1260 g/mol. The van der Waals surface area contributed by atoms with Crippen molar-refractivity contribution in [1.29, 1.82) is 0 Å². The average Bonchev–Trinajstić information content (AvgIpc) is 1.71. The highest BCUT2D eigenvalue weighted by Crippen LogP contribution is 2.71. The zero-order chi connectivity index (χ0) is 63.1. The van der Waals surface area contributed by atoms with Gasteiger partial charge >= 0.3 is 0 Å². The number of rotatable bonds is 19. The Bertz CT molecular complexity index is 2230. The molecule has 0 aromatic heterocycles. The van der Waals surface area contributed by atoms with Crippen LogP contribution in [0.5, 0.6) is 0 Å². The van der Waals surface area contributed by atoms with Gasteiger partial charge in [-0.05, 0) is 91.3 Å². The van der Waals surface area contributed by atoms with Gasteiger partial charge in [0.1, 0.15) is 116 Å². The Balaban J connectivity index is 0.787. The van der Waals surface area contributed by atoms with Crippen molar-refractivity contribution in [3.05, 3.63) is 0 Å². The summed E-state index contributed by atoms with van der Waals surface area (Å²) in [6, 6.07) is 0. The van der Waals surface area contributed by atoms with Crippen molar-refractivity contribution in [3.63, 3.8) is 0 Å². The van der Waals surface area contributed by atoms with Crippen LogP contribution < -0.4 is 0 Å². The predicted molar refractivity (Wildman–Crippen MR) is 286 cm³/mol. The maximum atomic E-state index is 12.3. The van der Waals surface area contributed by atoms with Crippen molar-refractivity contribution in [3.8, 4) is 0 Å². The van der Waals surface area contributed by atoms with Crippen LogP contribution in [0.4, 0.5) is 0 Å². The molecule has 0 unspecified atom stereocenters. The van der Waals surface area contributed by atoms with Crippen LogP contribution in [0.3, 0.4) is 0 Å². The standard InChI is InChI=1S/C57H96O30/c1-20(18-77-50-44(73)40(69)37(66)31(14-58)80-50)6-9-57(76-5)21(2)35-30(87-57)11-24-22-10-26(62)25-12-29(27(63)13-56(25,4)23(22)7-8-55(24,35)3)79-52-46(75)42(71)47(34(17-61)83-52)84-54-49(86-53-45(74)41(70)38(67)32(15-59)81-53)48(39(68)33(16-60)82-54)85-51-43(72)36(65)28(64)19-78-51/h20-54,58-75H,6-19H2,1-5H3/t20-,21-,22+,23-,24-,25+,26+,27+,28+,29+,30-,31+,32+,33+,34+,35-,36-,37+,38+,39+,40-,41-,42+,43+,44+,45+,46+,47-,48-,49+,50+,51-,52+,53-,54-,55-,56+,57+/m0/s1. The van der Waals surface area contributed by atoms with E-state index in [0.29, 0.717) is 19.3 Å². The van der Waals surface area contributed by atoms with Crippen LogP contribution in [0.1, 0.15) is 79.1 Å². The lowest BCUT2D eigenvalue weighted by Gasteiger charge is -2.63. The van der Waals surface area contributed by atoms with Crippen molar-refractivity contribution in [2.24, 2.45) is 52.3 Å². The van der Waals surface area contributed by atoms with Gasteiger partial charge in [-0.3, -0.25) is 0 Å². The molecule has 18 N–H and O–H groups in total. The summed E-state index contributed by atoms with van der Waals surface area (Å²) in [5.74, 6) is -0.850. The fourth-order valence-corrected chi connectivity index (χ4v) is 17.3. The third-order valence-electron chi connectivity index (χ3n) is 22.2. The first-order chi connectivity index (χ1) is 41.2. The lowest BCUT2D eigenvalue weighted by molar-refractivity contribution is -0.404. The van der Waals surface area contributed by atoms with E-state index in [9.17, 15) is 91.9 Å². The highest BCUT2D eigenvalue weighted by Gasteiger charge is 2.70. The molecule has 0 spiro atoms. The third kappa shape index (κ3) is 12.5. The molecule has 0 aromatic rings. The van der Waals surface area contributed by atoms with Crippen LogP contribution in [0.2, 0.25) is 0 Å². The summed E-state index contributed by atoms with van der Waals surface area (Å²) < 4.78 is 72.2. The quantitative estimate of drug-likeness (QED) is 0.0535. The summed E-state index contributed by atoms with van der Waals surface area (Å²) in [5, 5.41) is 195. The monoisotopic (exact) mass is 1260 g/mol. The van der Waals surface area contributed by atoms with Crippen LogP contribution in [0.25, 0.3) is 0 Å². The van der Waals surface area contributed by atoms with Crippen molar-refractivity contribution in [2.75, 3.05) is 46.8 Å². The van der Waals surface area contributed by atoms with Crippen molar-refractivity contribution < 1.29 is 149 Å². The number of methoxy groups -OCH3 is 1. The van der Waals surface area contributed by atoms with Crippen LogP contribution in [-0.2, 0) is 56.8 Å². The molecular formula is C57H96O30. The molecule has 38 atom stereocenters. The fourth-order valence-electron chi connectivity index (χ4n) is 17.3. The molecule has 30 heteroatoms. The number of aliphatic hydroxyl groups is 18. The summed E-state index contributed by atoms with van der Waals surface area (Å²) >= 11 is 0. The molecule has 10 aliphatic rings. The van der Waals surface area contributed by atoms with E-state index in [1.807, 2.05) is 6.92 Å². The van der Waals surface area contributed by atoms with Gasteiger partial charge in [0, 0.05) is 19.4 Å². The van der Waals surface area contributed by atoms with Gasteiger partial charge in [0.2, 0.25) is 0 Å². The van der Waals surface area contributed by atoms with Crippen LogP contribution in [-0.4, -0.2) is 316 Å². The smallest absolute Gasteiger partial charge is 0.187 e. The number of hydrogen-bond donors (Lipinski definition) is 18. The fraction of sp³-hybridized carbons (Fsp3) is 1.00. The van der Waals surface area contributed by atoms with Gasteiger partial charge in [0.25, 0.3) is 0 Å². The number of fused-ring (bicyclic) bond motifs is 7. The third-order valence-corrected chi connectivity index (χ3v) is 22.2. The van der Waals surface area contributed by atoms with Gasteiger partial charge < -0.3 is 149 Å². The first kappa shape index (κ1) is 68.7. The molecule has 6 saturated heterocycles. The van der Waals surface area contributed by atoms with Crippen LogP contribution in [0.15, 0.2) is 0 Å². The molecule has 0 radical (unpaired) electrons. The van der Waals surface area contributed by atoms with Crippen molar-refractivity contribution >= 4 is 0 Å². The Morgan fingerprint density at radius 3 is 1.70 bits per heavy atom. The summed E-state index contributed by atoms with van der Waals surface area (Å²) in [7, 11) is 1.66. The Labute approximate surface area is 503 Å². The molecule has 30 nitrogen and oxygen atoms in total. The molecule has 10 rings (SSSR count).